The maximum Gasteiger partial charge on any atom is 0.189 e. The molecule has 1 saturated carbocycles. The second-order valence-corrected chi connectivity index (χ2v) is 5.79. The zero-order valence-electron chi connectivity index (χ0n) is 13.2. The van der Waals surface area contributed by atoms with Crippen LogP contribution in [0.3, 0.4) is 0 Å². The van der Waals surface area contributed by atoms with Crippen molar-refractivity contribution in [1.82, 2.24) is 5.32 Å². The second-order valence-electron chi connectivity index (χ2n) is 5.79. The number of ether oxygens (including phenoxy) is 1. The van der Waals surface area contributed by atoms with Gasteiger partial charge in [-0.05, 0) is 37.8 Å². The van der Waals surface area contributed by atoms with Crippen molar-refractivity contribution in [3.05, 3.63) is 29.3 Å². The topological polar surface area (TPSA) is 59.6 Å². The van der Waals surface area contributed by atoms with Crippen LogP contribution in [0.1, 0.15) is 50.2 Å². The smallest absolute Gasteiger partial charge is 0.189 e. The molecule has 21 heavy (non-hydrogen) atoms. The molecule has 0 aromatic heterocycles. The van der Waals surface area contributed by atoms with Crippen molar-refractivity contribution in [2.75, 3.05) is 6.61 Å². The summed E-state index contributed by atoms with van der Waals surface area (Å²) in [6, 6.07) is 6.80. The lowest BCUT2D eigenvalue weighted by Gasteiger charge is -2.11. The number of hydrogen-bond donors (Lipinski definition) is 2. The van der Waals surface area contributed by atoms with Crippen LogP contribution in [0.15, 0.2) is 23.2 Å². The van der Waals surface area contributed by atoms with Crippen LogP contribution in [0.5, 0.6) is 5.75 Å². The fraction of sp³-hybridized carbons (Fsp3) is 0.588. The number of nitrogens with zero attached hydrogens (tertiary/aromatic N) is 1. The number of benzene rings is 1. The monoisotopic (exact) mass is 289 g/mol. The number of nitrogens with two attached hydrogens (primary N) is 1. The van der Waals surface area contributed by atoms with E-state index in [0.29, 0.717) is 18.5 Å². The molecule has 0 spiro atoms. The summed E-state index contributed by atoms with van der Waals surface area (Å²) in [5, 5.41) is 3.20. The van der Waals surface area contributed by atoms with Gasteiger partial charge in [0.25, 0.3) is 0 Å². The Balaban J connectivity index is 1.93. The summed E-state index contributed by atoms with van der Waals surface area (Å²) >= 11 is 0. The Morgan fingerprint density at radius 3 is 2.90 bits per heavy atom. The van der Waals surface area contributed by atoms with Gasteiger partial charge in [0.2, 0.25) is 0 Å². The van der Waals surface area contributed by atoms with Crippen molar-refractivity contribution in [3.8, 4) is 5.75 Å². The summed E-state index contributed by atoms with van der Waals surface area (Å²) < 4.78 is 5.92. The Morgan fingerprint density at radius 2 is 2.19 bits per heavy atom. The molecule has 4 nitrogen and oxygen atoms in total. The summed E-state index contributed by atoms with van der Waals surface area (Å²) in [6.45, 7) is 5.61. The van der Waals surface area contributed by atoms with E-state index < -0.39 is 0 Å². The molecule has 0 atom stereocenters. The minimum absolute atomic E-state index is 0.537. The lowest BCUT2D eigenvalue weighted by Crippen LogP contribution is -2.33. The molecule has 0 radical (unpaired) electrons. The first-order valence-electron chi connectivity index (χ1n) is 7.98. The number of nitrogens with one attached hydrogen (secondary N) is 1. The van der Waals surface area contributed by atoms with Gasteiger partial charge in [0.1, 0.15) is 5.75 Å². The molecule has 3 N–H and O–H groups in total. The molecule has 1 aliphatic rings. The summed E-state index contributed by atoms with van der Waals surface area (Å²) in [6.07, 6.45) is 5.91. The minimum atomic E-state index is 0.537. The fourth-order valence-electron chi connectivity index (χ4n) is 2.11. The molecule has 116 valence electrons. The van der Waals surface area contributed by atoms with Crippen LogP contribution in [0.2, 0.25) is 0 Å². The third-order valence-electron chi connectivity index (χ3n) is 3.58. The fourth-order valence-corrected chi connectivity index (χ4v) is 2.11. The first-order chi connectivity index (χ1) is 10.2. The van der Waals surface area contributed by atoms with E-state index in [0.717, 1.165) is 24.3 Å². The SMILES string of the molecule is CCCCCOc1cc(C)ccc1CN=C(N)NC1CC1. The number of rotatable bonds is 8. The maximum absolute atomic E-state index is 5.92. The maximum atomic E-state index is 5.92. The van der Waals surface area contributed by atoms with Gasteiger partial charge in [-0.15, -0.1) is 0 Å². The van der Waals surface area contributed by atoms with Gasteiger partial charge in [-0.2, -0.15) is 0 Å². The molecule has 2 rings (SSSR count). The molecular formula is C17H27N3O. The predicted molar refractivity (Wildman–Crippen MR) is 87.7 cm³/mol. The summed E-state index contributed by atoms with van der Waals surface area (Å²) in [7, 11) is 0. The van der Waals surface area contributed by atoms with E-state index in [4.69, 9.17) is 10.5 Å². The van der Waals surface area contributed by atoms with E-state index in [9.17, 15) is 0 Å². The summed E-state index contributed by atoms with van der Waals surface area (Å²) in [5.41, 5.74) is 8.18. The first-order valence-corrected chi connectivity index (χ1v) is 7.98. The van der Waals surface area contributed by atoms with Crippen molar-refractivity contribution in [3.63, 3.8) is 0 Å². The minimum Gasteiger partial charge on any atom is -0.493 e. The third kappa shape index (κ3) is 5.66. The largest absolute Gasteiger partial charge is 0.493 e. The van der Waals surface area contributed by atoms with Gasteiger partial charge in [0, 0.05) is 11.6 Å². The highest BCUT2D eigenvalue weighted by molar-refractivity contribution is 5.78. The van der Waals surface area contributed by atoms with Crippen LogP contribution in [-0.2, 0) is 6.54 Å². The summed E-state index contributed by atoms with van der Waals surface area (Å²) in [5.74, 6) is 1.48. The number of aliphatic imine (C=N–C) groups is 1. The Morgan fingerprint density at radius 1 is 1.38 bits per heavy atom. The molecular weight excluding hydrogens is 262 g/mol. The molecule has 0 heterocycles. The molecule has 0 aliphatic heterocycles. The van der Waals surface area contributed by atoms with E-state index in [1.807, 2.05) is 0 Å². The lowest BCUT2D eigenvalue weighted by atomic mass is 10.1. The van der Waals surface area contributed by atoms with Crippen molar-refractivity contribution >= 4 is 5.96 Å². The molecule has 1 aromatic carbocycles. The lowest BCUT2D eigenvalue weighted by molar-refractivity contribution is 0.303. The van der Waals surface area contributed by atoms with Crippen molar-refractivity contribution in [2.45, 2.75) is 58.5 Å². The zero-order valence-corrected chi connectivity index (χ0v) is 13.2. The summed E-state index contributed by atoms with van der Waals surface area (Å²) in [4.78, 5) is 4.41. The Kier molecular flexibility index (Phi) is 5.90. The number of aryl methyl sites for hydroxylation is 1. The van der Waals surface area contributed by atoms with Crippen LogP contribution < -0.4 is 15.8 Å². The molecule has 1 aliphatic carbocycles. The molecule has 0 unspecified atom stereocenters. The van der Waals surface area contributed by atoms with Crippen LogP contribution >= 0.6 is 0 Å². The van der Waals surface area contributed by atoms with Gasteiger partial charge in [-0.25, -0.2) is 4.99 Å². The second kappa shape index (κ2) is 7.91. The van der Waals surface area contributed by atoms with Gasteiger partial charge >= 0.3 is 0 Å². The highest BCUT2D eigenvalue weighted by Gasteiger charge is 2.21. The van der Waals surface area contributed by atoms with Crippen LogP contribution in [-0.4, -0.2) is 18.6 Å². The molecule has 0 amide bonds. The molecule has 0 bridgehead atoms. The van der Waals surface area contributed by atoms with Crippen LogP contribution in [0.25, 0.3) is 0 Å². The van der Waals surface area contributed by atoms with Crippen LogP contribution in [0, 0.1) is 6.92 Å². The number of guanidine groups is 1. The Labute approximate surface area is 127 Å². The number of unbranched alkanes of at least 4 members (excludes halogenated alkanes) is 2. The average molecular weight is 289 g/mol. The standard InChI is InChI=1S/C17H27N3O/c1-3-4-5-10-21-16-11-13(2)6-7-14(16)12-19-17(18)20-15-8-9-15/h6-7,11,15H,3-5,8-10,12H2,1-2H3,(H3,18,19,20). The normalized spacial score (nSPS) is 15.0. The van der Waals surface area contributed by atoms with Gasteiger partial charge < -0.3 is 15.8 Å². The quantitative estimate of drug-likeness (QED) is 0.439. The molecule has 4 heteroatoms. The van der Waals surface area contributed by atoms with E-state index in [1.165, 1.54) is 31.2 Å². The predicted octanol–water partition coefficient (Wildman–Crippen LogP) is 3.13. The highest BCUT2D eigenvalue weighted by atomic mass is 16.5. The van der Waals surface area contributed by atoms with E-state index >= 15 is 0 Å². The van der Waals surface area contributed by atoms with Gasteiger partial charge in [0.15, 0.2) is 5.96 Å². The van der Waals surface area contributed by atoms with Crippen molar-refractivity contribution in [1.29, 1.82) is 0 Å². The molecule has 1 aromatic rings. The first kappa shape index (κ1) is 15.7. The van der Waals surface area contributed by atoms with E-state index in [1.54, 1.807) is 0 Å². The van der Waals surface area contributed by atoms with Crippen molar-refractivity contribution in [2.24, 2.45) is 10.7 Å². The van der Waals surface area contributed by atoms with E-state index in [2.05, 4.69) is 42.4 Å². The third-order valence-corrected chi connectivity index (χ3v) is 3.58. The van der Waals surface area contributed by atoms with E-state index in [-0.39, 0.29) is 0 Å². The molecule has 0 saturated heterocycles. The Bertz CT molecular complexity index is 481. The van der Waals surface area contributed by atoms with Crippen molar-refractivity contribution < 1.29 is 4.74 Å². The average Bonchev–Trinajstić information content (AvgIpc) is 3.26. The van der Waals surface area contributed by atoms with Gasteiger partial charge in [0.05, 0.1) is 13.2 Å². The highest BCUT2D eigenvalue weighted by Crippen LogP contribution is 2.22. The zero-order chi connectivity index (χ0) is 15.1. The Hall–Kier alpha value is -1.71. The van der Waals surface area contributed by atoms with Gasteiger partial charge in [-0.3, -0.25) is 0 Å². The van der Waals surface area contributed by atoms with Crippen LogP contribution in [0.4, 0.5) is 0 Å². The molecule has 1 fully saturated rings. The number of hydrogen-bond acceptors (Lipinski definition) is 2. The van der Waals surface area contributed by atoms with Gasteiger partial charge in [-0.1, -0.05) is 31.9 Å².